The van der Waals surface area contributed by atoms with Crippen molar-refractivity contribution in [2.75, 3.05) is 5.73 Å². The Morgan fingerprint density at radius 3 is 1.70 bits per heavy atom. The topological polar surface area (TPSA) is 26.0 Å². The fourth-order valence-electron chi connectivity index (χ4n) is 1.69. The molecule has 0 amide bonds. The van der Waals surface area contributed by atoms with E-state index in [9.17, 15) is 30.7 Å². The standard InChI is InChI=1S/C14H8F7NS/c15-11-6-9(1-2-12(11)22)23-10-4-7(13(16,17)18)3-8(5-10)14(19,20)21/h1-6H,22H2. The second-order valence-electron chi connectivity index (χ2n) is 4.53. The van der Waals surface area contributed by atoms with E-state index in [0.29, 0.717) is 23.9 Å². The van der Waals surface area contributed by atoms with Crippen LogP contribution in [-0.2, 0) is 12.4 Å². The van der Waals surface area contributed by atoms with Gasteiger partial charge in [-0.15, -0.1) is 0 Å². The Morgan fingerprint density at radius 2 is 1.26 bits per heavy atom. The lowest BCUT2D eigenvalue weighted by atomic mass is 10.1. The van der Waals surface area contributed by atoms with Crippen molar-refractivity contribution in [2.45, 2.75) is 22.1 Å². The largest absolute Gasteiger partial charge is 0.416 e. The molecule has 23 heavy (non-hydrogen) atoms. The average Bonchev–Trinajstić information content (AvgIpc) is 2.41. The molecular formula is C14H8F7NS. The highest BCUT2D eigenvalue weighted by atomic mass is 32.2. The van der Waals surface area contributed by atoms with Crippen molar-refractivity contribution < 1.29 is 30.7 Å². The van der Waals surface area contributed by atoms with Gasteiger partial charge in [0.15, 0.2) is 0 Å². The van der Waals surface area contributed by atoms with Gasteiger partial charge in [-0.3, -0.25) is 0 Å². The average molecular weight is 355 g/mol. The van der Waals surface area contributed by atoms with Crippen molar-refractivity contribution in [1.29, 1.82) is 0 Å². The maximum absolute atomic E-state index is 13.3. The Balaban J connectivity index is 2.46. The van der Waals surface area contributed by atoms with Crippen molar-refractivity contribution in [2.24, 2.45) is 0 Å². The van der Waals surface area contributed by atoms with Crippen LogP contribution in [0.1, 0.15) is 11.1 Å². The third kappa shape index (κ3) is 4.31. The van der Waals surface area contributed by atoms with Gasteiger partial charge in [0, 0.05) is 9.79 Å². The summed E-state index contributed by atoms with van der Waals surface area (Å²) in [4.78, 5) is -0.180. The normalized spacial score (nSPS) is 12.5. The van der Waals surface area contributed by atoms with E-state index in [4.69, 9.17) is 5.73 Å². The van der Waals surface area contributed by atoms with Crippen molar-refractivity contribution in [1.82, 2.24) is 0 Å². The minimum atomic E-state index is -4.93. The minimum Gasteiger partial charge on any atom is -0.396 e. The molecule has 2 rings (SSSR count). The van der Waals surface area contributed by atoms with Gasteiger partial charge < -0.3 is 5.73 Å². The third-order valence-corrected chi connectivity index (χ3v) is 3.73. The van der Waals surface area contributed by atoms with Crippen LogP contribution in [0, 0.1) is 5.82 Å². The molecule has 2 aromatic rings. The Morgan fingerprint density at radius 1 is 0.739 bits per heavy atom. The maximum Gasteiger partial charge on any atom is 0.416 e. The first-order valence-corrected chi connectivity index (χ1v) is 6.81. The van der Waals surface area contributed by atoms with Gasteiger partial charge in [-0.2, -0.15) is 26.3 Å². The number of rotatable bonds is 2. The van der Waals surface area contributed by atoms with E-state index in [-0.39, 0.29) is 21.5 Å². The van der Waals surface area contributed by atoms with Crippen molar-refractivity contribution in [3.63, 3.8) is 0 Å². The van der Waals surface area contributed by atoms with E-state index < -0.39 is 29.3 Å². The summed E-state index contributed by atoms with van der Waals surface area (Å²) in [6.45, 7) is 0. The molecule has 0 aliphatic heterocycles. The molecule has 0 fully saturated rings. The van der Waals surface area contributed by atoms with E-state index in [0.717, 1.165) is 6.07 Å². The van der Waals surface area contributed by atoms with Gasteiger partial charge in [0.25, 0.3) is 0 Å². The molecule has 0 aromatic heterocycles. The predicted octanol–water partition coefficient (Wildman–Crippen LogP) is 5.60. The summed E-state index contributed by atoms with van der Waals surface area (Å²) >= 11 is 0.575. The second kappa shape index (κ2) is 5.95. The maximum atomic E-state index is 13.3. The predicted molar refractivity (Wildman–Crippen MR) is 71.4 cm³/mol. The van der Waals surface area contributed by atoms with Crippen molar-refractivity contribution in [3.8, 4) is 0 Å². The molecule has 0 heterocycles. The number of hydrogen-bond donors (Lipinski definition) is 1. The number of nitrogens with two attached hydrogens (primary N) is 1. The fourth-order valence-corrected chi connectivity index (χ4v) is 2.64. The number of nitrogen functional groups attached to an aromatic ring is 1. The quantitative estimate of drug-likeness (QED) is 0.561. The van der Waals surface area contributed by atoms with Gasteiger partial charge in [-0.1, -0.05) is 11.8 Å². The van der Waals surface area contributed by atoms with Crippen molar-refractivity contribution >= 4 is 17.4 Å². The first-order chi connectivity index (χ1) is 10.5. The zero-order chi connectivity index (χ0) is 17.4. The molecular weight excluding hydrogens is 347 g/mol. The molecule has 1 nitrogen and oxygen atoms in total. The summed E-state index contributed by atoms with van der Waals surface area (Å²) in [5, 5.41) is 0. The van der Waals surface area contributed by atoms with Gasteiger partial charge in [0.1, 0.15) is 5.82 Å². The van der Waals surface area contributed by atoms with Crippen LogP contribution in [0.4, 0.5) is 36.4 Å². The van der Waals surface area contributed by atoms with E-state index in [1.807, 2.05) is 0 Å². The van der Waals surface area contributed by atoms with Crippen LogP contribution in [0.3, 0.4) is 0 Å². The second-order valence-corrected chi connectivity index (χ2v) is 5.67. The summed E-state index contributed by atoms with van der Waals surface area (Å²) < 4.78 is 89.8. The molecule has 0 radical (unpaired) electrons. The molecule has 0 atom stereocenters. The first-order valence-electron chi connectivity index (χ1n) is 5.99. The molecule has 0 unspecified atom stereocenters. The molecule has 0 aliphatic carbocycles. The smallest absolute Gasteiger partial charge is 0.396 e. The van der Waals surface area contributed by atoms with Gasteiger partial charge >= 0.3 is 12.4 Å². The Hall–Kier alpha value is -1.90. The lowest BCUT2D eigenvalue weighted by Crippen LogP contribution is -2.10. The minimum absolute atomic E-state index is 0.0353. The highest BCUT2D eigenvalue weighted by Crippen LogP contribution is 2.40. The molecule has 0 saturated heterocycles. The van der Waals surface area contributed by atoms with E-state index in [1.165, 1.54) is 12.1 Å². The van der Waals surface area contributed by atoms with E-state index in [2.05, 4.69) is 0 Å². The van der Waals surface area contributed by atoms with Crippen LogP contribution in [0.2, 0.25) is 0 Å². The zero-order valence-electron chi connectivity index (χ0n) is 11.1. The number of benzene rings is 2. The van der Waals surface area contributed by atoms with E-state index >= 15 is 0 Å². The number of anilines is 1. The van der Waals surface area contributed by atoms with Crippen molar-refractivity contribution in [3.05, 3.63) is 53.3 Å². The first kappa shape index (κ1) is 17.5. The fraction of sp³-hybridized carbons (Fsp3) is 0.143. The van der Waals surface area contributed by atoms with Crippen LogP contribution in [0.15, 0.2) is 46.2 Å². The van der Waals surface area contributed by atoms with Crippen LogP contribution >= 0.6 is 11.8 Å². The molecule has 124 valence electrons. The van der Waals surface area contributed by atoms with E-state index in [1.54, 1.807) is 0 Å². The molecule has 0 spiro atoms. The van der Waals surface area contributed by atoms with Crippen LogP contribution in [-0.4, -0.2) is 0 Å². The number of halogens is 7. The molecule has 0 aliphatic rings. The summed E-state index contributed by atoms with van der Waals surface area (Å²) in [6.07, 6.45) is -9.86. The number of hydrogen-bond acceptors (Lipinski definition) is 2. The molecule has 2 N–H and O–H groups in total. The van der Waals surface area contributed by atoms with Gasteiger partial charge in [0.05, 0.1) is 16.8 Å². The SMILES string of the molecule is Nc1ccc(Sc2cc(C(F)(F)F)cc(C(F)(F)F)c2)cc1F. The summed E-state index contributed by atoms with van der Waals surface area (Å²) in [5.41, 5.74) is 2.24. The molecule has 2 aromatic carbocycles. The molecule has 0 bridgehead atoms. The lowest BCUT2D eigenvalue weighted by Gasteiger charge is -2.14. The summed E-state index contributed by atoms with van der Waals surface area (Å²) in [6, 6.07) is 4.61. The van der Waals surface area contributed by atoms with Crippen LogP contribution < -0.4 is 5.73 Å². The van der Waals surface area contributed by atoms with Gasteiger partial charge in [-0.25, -0.2) is 4.39 Å². The highest BCUT2D eigenvalue weighted by Gasteiger charge is 2.36. The zero-order valence-corrected chi connectivity index (χ0v) is 11.9. The molecule has 0 saturated carbocycles. The summed E-state index contributed by atoms with van der Waals surface area (Å²) in [7, 11) is 0. The van der Waals surface area contributed by atoms with Crippen LogP contribution in [0.5, 0.6) is 0 Å². The Bertz CT molecular complexity index is 690. The van der Waals surface area contributed by atoms with Gasteiger partial charge in [0.2, 0.25) is 0 Å². The third-order valence-electron chi connectivity index (χ3n) is 2.77. The number of alkyl halides is 6. The van der Waals surface area contributed by atoms with Crippen LogP contribution in [0.25, 0.3) is 0 Å². The lowest BCUT2D eigenvalue weighted by molar-refractivity contribution is -0.143. The Labute approximate surface area is 130 Å². The molecule has 9 heteroatoms. The highest BCUT2D eigenvalue weighted by molar-refractivity contribution is 7.99. The summed E-state index contributed by atoms with van der Waals surface area (Å²) in [5.74, 6) is -0.807. The Kier molecular flexibility index (Phi) is 4.52. The van der Waals surface area contributed by atoms with Gasteiger partial charge in [-0.05, 0) is 36.4 Å². The monoisotopic (exact) mass is 355 g/mol.